The van der Waals surface area contributed by atoms with Crippen LogP contribution in [0.3, 0.4) is 0 Å². The molecule has 11 heteroatoms. The van der Waals surface area contributed by atoms with E-state index in [-0.39, 0.29) is 25.1 Å². The van der Waals surface area contributed by atoms with Crippen molar-refractivity contribution in [2.45, 2.75) is 116 Å². The molecule has 0 spiro atoms. The van der Waals surface area contributed by atoms with Crippen LogP contribution in [0.15, 0.2) is 30.3 Å². The number of nitrogens with zero attached hydrogens (tertiary/aromatic N) is 2. The highest BCUT2D eigenvalue weighted by Gasteiger charge is 2.41. The minimum absolute atomic E-state index is 0.121. The number of fused-ring (bicyclic) bond motifs is 1. The summed E-state index contributed by atoms with van der Waals surface area (Å²) in [6.07, 6.45) is 5.98. The molecule has 46 heavy (non-hydrogen) atoms. The molecule has 2 heterocycles. The molecular weight excluding hydrogens is 586 g/mol. The zero-order chi connectivity index (χ0) is 33.3. The number of aliphatic hydroxyl groups is 1. The van der Waals surface area contributed by atoms with E-state index >= 15 is 0 Å². The fourth-order valence-corrected chi connectivity index (χ4v) is 6.86. The molecular formula is C35H57N5O6. The Balaban J connectivity index is 1.47. The van der Waals surface area contributed by atoms with Crippen LogP contribution < -0.4 is 16.0 Å². The molecule has 258 valence electrons. The molecule has 0 aromatic heterocycles. The van der Waals surface area contributed by atoms with Gasteiger partial charge in [0.25, 0.3) is 0 Å². The number of amides is 3. The average Bonchev–Trinajstić information content (AvgIpc) is 3.02. The highest BCUT2D eigenvalue weighted by Crippen LogP contribution is 2.36. The standard InChI is InChI=1S/C35H57N5O6/c1-24(2)31(38-33(43)45-23-28-17-11-12-18-36-28)32(42)37-29(19-25-13-7-6-8-14-25)30(41)22-39-20-26-15-9-10-16-27(26)21-40(39)34(44)46-35(3,4)5/h6-8,13-14,24,26-31,36,41H,9-12,15-23H2,1-5H3,(H,37,42)(H,38,43)/t26?,27?,28?,29?,30?,31-/m0/s1. The van der Waals surface area contributed by atoms with Crippen molar-refractivity contribution < 1.29 is 29.0 Å². The van der Waals surface area contributed by atoms with Crippen LogP contribution in [0.5, 0.6) is 0 Å². The molecule has 4 rings (SSSR count). The van der Waals surface area contributed by atoms with Crippen LogP contribution in [0.4, 0.5) is 9.59 Å². The summed E-state index contributed by atoms with van der Waals surface area (Å²) in [6, 6.07) is 8.28. The van der Waals surface area contributed by atoms with Crippen molar-refractivity contribution >= 4 is 18.1 Å². The fourth-order valence-electron chi connectivity index (χ4n) is 6.86. The molecule has 1 saturated carbocycles. The van der Waals surface area contributed by atoms with Gasteiger partial charge in [-0.2, -0.15) is 0 Å². The van der Waals surface area contributed by atoms with Crippen molar-refractivity contribution in [1.29, 1.82) is 0 Å². The van der Waals surface area contributed by atoms with Crippen LogP contribution >= 0.6 is 0 Å². The van der Waals surface area contributed by atoms with Gasteiger partial charge in [-0.3, -0.25) is 4.79 Å². The molecule has 3 amide bonds. The predicted octanol–water partition coefficient (Wildman–Crippen LogP) is 4.24. The summed E-state index contributed by atoms with van der Waals surface area (Å²) in [7, 11) is 0. The third kappa shape index (κ3) is 10.8. The Morgan fingerprint density at radius 2 is 1.65 bits per heavy atom. The van der Waals surface area contributed by atoms with Gasteiger partial charge in [0, 0.05) is 25.7 Å². The van der Waals surface area contributed by atoms with E-state index in [0.29, 0.717) is 31.3 Å². The Bertz CT molecular complexity index is 1120. The Hall–Kier alpha value is -2.89. The number of benzene rings is 1. The first kappa shape index (κ1) is 36.0. The van der Waals surface area contributed by atoms with E-state index in [2.05, 4.69) is 16.0 Å². The lowest BCUT2D eigenvalue weighted by molar-refractivity contribution is -0.129. The number of rotatable bonds is 11. The smallest absolute Gasteiger partial charge is 0.424 e. The maximum atomic E-state index is 13.7. The Kier molecular flexibility index (Phi) is 13.1. The first-order valence-electron chi connectivity index (χ1n) is 17.3. The maximum Gasteiger partial charge on any atom is 0.424 e. The van der Waals surface area contributed by atoms with Crippen LogP contribution in [0.1, 0.15) is 85.1 Å². The second kappa shape index (κ2) is 16.8. The SMILES string of the molecule is CC(C)[C@H](NC(=O)OCC1CCCCN1)C(=O)NC(Cc1ccccc1)C(O)CN1CC2CCCCC2CN1C(=O)OC(C)(C)C. The minimum atomic E-state index is -1.01. The van der Waals surface area contributed by atoms with Crippen molar-refractivity contribution in [3.05, 3.63) is 35.9 Å². The number of piperidine rings is 1. The zero-order valence-electron chi connectivity index (χ0n) is 28.5. The minimum Gasteiger partial charge on any atom is -0.448 e. The number of carbonyl (C=O) groups excluding carboxylic acids is 3. The summed E-state index contributed by atoms with van der Waals surface area (Å²) >= 11 is 0. The number of alkyl carbamates (subject to hydrolysis) is 1. The monoisotopic (exact) mass is 643 g/mol. The quantitative estimate of drug-likeness (QED) is 0.282. The Morgan fingerprint density at radius 1 is 0.978 bits per heavy atom. The van der Waals surface area contributed by atoms with Crippen LogP contribution in [0.2, 0.25) is 0 Å². The van der Waals surface area contributed by atoms with E-state index in [1.54, 1.807) is 5.01 Å². The van der Waals surface area contributed by atoms with Gasteiger partial charge in [-0.25, -0.2) is 19.6 Å². The molecule has 2 saturated heterocycles. The van der Waals surface area contributed by atoms with E-state index in [9.17, 15) is 19.5 Å². The van der Waals surface area contributed by atoms with Gasteiger partial charge in [-0.1, -0.05) is 63.4 Å². The molecule has 1 aliphatic carbocycles. The molecule has 6 atom stereocenters. The highest BCUT2D eigenvalue weighted by atomic mass is 16.6. The van der Waals surface area contributed by atoms with Gasteiger partial charge in [0.1, 0.15) is 18.2 Å². The zero-order valence-corrected chi connectivity index (χ0v) is 28.5. The summed E-state index contributed by atoms with van der Waals surface area (Å²) in [5, 5.41) is 24.5. The summed E-state index contributed by atoms with van der Waals surface area (Å²) < 4.78 is 11.3. The number of nitrogens with one attached hydrogen (secondary N) is 3. The first-order chi connectivity index (χ1) is 21.9. The van der Waals surface area contributed by atoms with Crippen molar-refractivity contribution in [3.8, 4) is 0 Å². The number of aliphatic hydroxyl groups excluding tert-OH is 1. The molecule has 3 fully saturated rings. The first-order valence-corrected chi connectivity index (χ1v) is 17.3. The molecule has 2 aliphatic heterocycles. The maximum absolute atomic E-state index is 13.7. The van der Waals surface area contributed by atoms with E-state index < -0.39 is 41.9 Å². The number of hydrogen-bond donors (Lipinski definition) is 4. The van der Waals surface area contributed by atoms with Crippen molar-refractivity contribution in [2.24, 2.45) is 17.8 Å². The summed E-state index contributed by atoms with van der Waals surface area (Å²) in [6.45, 7) is 11.8. The van der Waals surface area contributed by atoms with E-state index in [0.717, 1.165) is 50.6 Å². The third-order valence-electron chi connectivity index (χ3n) is 9.40. The van der Waals surface area contributed by atoms with Crippen LogP contribution in [0.25, 0.3) is 0 Å². The fraction of sp³-hybridized carbons (Fsp3) is 0.743. The largest absolute Gasteiger partial charge is 0.448 e. The number of ether oxygens (including phenoxy) is 2. The van der Waals surface area contributed by atoms with E-state index in [4.69, 9.17) is 9.47 Å². The normalized spacial score (nSPS) is 24.3. The lowest BCUT2D eigenvalue weighted by Gasteiger charge is -2.48. The van der Waals surface area contributed by atoms with Gasteiger partial charge in [-0.05, 0) is 82.7 Å². The summed E-state index contributed by atoms with van der Waals surface area (Å²) in [5.41, 5.74) is 0.303. The molecule has 1 aromatic carbocycles. The van der Waals surface area contributed by atoms with E-state index in [1.165, 1.54) is 6.42 Å². The van der Waals surface area contributed by atoms with Gasteiger partial charge in [0.2, 0.25) is 5.91 Å². The molecule has 0 bridgehead atoms. The summed E-state index contributed by atoms with van der Waals surface area (Å²) in [5.74, 6) is 0.229. The van der Waals surface area contributed by atoms with E-state index in [1.807, 2.05) is 70.0 Å². The third-order valence-corrected chi connectivity index (χ3v) is 9.40. The van der Waals surface area contributed by atoms with Crippen LogP contribution in [-0.2, 0) is 20.7 Å². The number of carbonyl (C=O) groups is 3. The van der Waals surface area contributed by atoms with Gasteiger partial charge in [0.05, 0.1) is 12.1 Å². The molecule has 3 aliphatic rings. The van der Waals surface area contributed by atoms with Crippen LogP contribution in [-0.4, -0.2) is 95.8 Å². The van der Waals surface area contributed by atoms with Gasteiger partial charge >= 0.3 is 12.2 Å². The van der Waals surface area contributed by atoms with Crippen molar-refractivity contribution in [2.75, 3.05) is 32.8 Å². The summed E-state index contributed by atoms with van der Waals surface area (Å²) in [4.78, 5) is 39.9. The lowest BCUT2D eigenvalue weighted by Crippen LogP contribution is -2.62. The molecule has 4 N–H and O–H groups in total. The highest BCUT2D eigenvalue weighted by molar-refractivity contribution is 5.86. The molecule has 11 nitrogen and oxygen atoms in total. The van der Waals surface area contributed by atoms with Gasteiger partial charge in [0.15, 0.2) is 0 Å². The molecule has 0 radical (unpaired) electrons. The topological polar surface area (TPSA) is 132 Å². The Labute approximate surface area is 275 Å². The number of hydrogen-bond acceptors (Lipinski definition) is 8. The number of β-amino-alcohol motifs (C(OH)–C–C–N with tert-alkyl or cyclic N) is 1. The average molecular weight is 644 g/mol. The van der Waals surface area contributed by atoms with Gasteiger partial charge in [-0.15, -0.1) is 0 Å². The van der Waals surface area contributed by atoms with Crippen molar-refractivity contribution in [3.63, 3.8) is 0 Å². The second-order valence-corrected chi connectivity index (χ2v) is 14.7. The van der Waals surface area contributed by atoms with Crippen molar-refractivity contribution in [1.82, 2.24) is 26.0 Å². The number of hydrazine groups is 1. The second-order valence-electron chi connectivity index (χ2n) is 14.7. The molecule has 5 unspecified atom stereocenters. The van der Waals surface area contributed by atoms with Gasteiger partial charge < -0.3 is 30.5 Å². The molecule has 1 aromatic rings. The van der Waals surface area contributed by atoms with Crippen LogP contribution in [0, 0.1) is 17.8 Å². The predicted molar refractivity (Wildman–Crippen MR) is 177 cm³/mol. The Morgan fingerprint density at radius 3 is 2.28 bits per heavy atom. The lowest BCUT2D eigenvalue weighted by atomic mass is 9.77.